The number of hydrogen-bond donors (Lipinski definition) is 1. The molecule has 1 heterocycles. The van der Waals surface area contributed by atoms with Gasteiger partial charge in [-0.05, 0) is 72.3 Å². The predicted molar refractivity (Wildman–Crippen MR) is 227 cm³/mol. The average Bonchev–Trinajstić information content (AvgIpc) is 3.27. The molecule has 0 aliphatic heterocycles. The second kappa shape index (κ2) is 13.5. The van der Waals surface area contributed by atoms with E-state index >= 15 is 0 Å². The minimum absolute atomic E-state index is 0.233. The number of phenolic OH excluding ortho intramolecular Hbond substituents is 1. The molecule has 0 aliphatic rings. The van der Waals surface area contributed by atoms with Gasteiger partial charge in [0.1, 0.15) is 5.75 Å². The molecule has 0 saturated carbocycles. The summed E-state index contributed by atoms with van der Waals surface area (Å²) in [5.74, 6) is 2.09. The highest BCUT2D eigenvalue weighted by Crippen LogP contribution is 2.45. The first-order valence-corrected chi connectivity index (χ1v) is 18.4. The van der Waals surface area contributed by atoms with E-state index in [0.29, 0.717) is 17.5 Å². The van der Waals surface area contributed by atoms with E-state index in [1.165, 1.54) is 32.3 Å². The van der Waals surface area contributed by atoms with Crippen molar-refractivity contribution >= 4 is 32.3 Å². The van der Waals surface area contributed by atoms with Crippen LogP contribution in [0.3, 0.4) is 0 Å². The van der Waals surface area contributed by atoms with Gasteiger partial charge in [-0.1, -0.05) is 182 Å². The van der Waals surface area contributed by atoms with Gasteiger partial charge in [-0.25, -0.2) is 15.0 Å². The number of aromatic nitrogens is 3. The van der Waals surface area contributed by atoms with Crippen LogP contribution in [-0.4, -0.2) is 20.1 Å². The van der Waals surface area contributed by atoms with E-state index in [1.54, 1.807) is 6.07 Å². The SMILES string of the molecule is Oc1cccc(-c2ccc3c4ccccc4c4ccccc4c3c2)c1-c1ccccc1-c1ccc(-c2nc(-c3ccccc3)nc(-c3ccccc3)n2)cc1. The van der Waals surface area contributed by atoms with Gasteiger partial charge in [0.2, 0.25) is 0 Å². The Kier molecular flexibility index (Phi) is 7.93. The molecule has 55 heavy (non-hydrogen) atoms. The Labute approximate surface area is 318 Å². The Morgan fingerprint density at radius 3 is 1.24 bits per heavy atom. The highest BCUT2D eigenvalue weighted by molar-refractivity contribution is 6.25. The second-order valence-corrected chi connectivity index (χ2v) is 13.7. The van der Waals surface area contributed by atoms with Crippen LogP contribution in [0.15, 0.2) is 194 Å². The molecule has 0 amide bonds. The number of rotatable bonds is 6. The normalized spacial score (nSPS) is 11.3. The third-order valence-electron chi connectivity index (χ3n) is 10.4. The van der Waals surface area contributed by atoms with Crippen molar-refractivity contribution in [2.45, 2.75) is 0 Å². The van der Waals surface area contributed by atoms with Gasteiger partial charge < -0.3 is 5.11 Å². The Bertz CT molecular complexity index is 2940. The molecular weight excluding hydrogens is 671 g/mol. The molecule has 0 radical (unpaired) electrons. The van der Waals surface area contributed by atoms with E-state index in [2.05, 4.69) is 109 Å². The van der Waals surface area contributed by atoms with E-state index < -0.39 is 0 Å². The monoisotopic (exact) mass is 703 g/mol. The summed E-state index contributed by atoms with van der Waals surface area (Å²) >= 11 is 0. The molecule has 0 saturated heterocycles. The smallest absolute Gasteiger partial charge is 0.164 e. The first-order valence-electron chi connectivity index (χ1n) is 18.4. The largest absolute Gasteiger partial charge is 0.507 e. The Hall–Kier alpha value is -7.43. The highest BCUT2D eigenvalue weighted by atomic mass is 16.3. The van der Waals surface area contributed by atoms with Crippen LogP contribution in [0, 0.1) is 0 Å². The number of fused-ring (bicyclic) bond motifs is 6. The van der Waals surface area contributed by atoms with Gasteiger partial charge in [0.25, 0.3) is 0 Å². The van der Waals surface area contributed by atoms with Crippen molar-refractivity contribution in [3.63, 3.8) is 0 Å². The first kappa shape index (κ1) is 32.2. The molecule has 258 valence electrons. The third kappa shape index (κ3) is 5.77. The van der Waals surface area contributed by atoms with Crippen molar-refractivity contribution in [3.8, 4) is 73.3 Å². The Morgan fingerprint density at radius 2 is 0.673 bits per heavy atom. The zero-order valence-corrected chi connectivity index (χ0v) is 29.8. The molecule has 0 atom stereocenters. The molecule has 1 aromatic heterocycles. The van der Waals surface area contributed by atoms with Gasteiger partial charge >= 0.3 is 0 Å². The van der Waals surface area contributed by atoms with Crippen molar-refractivity contribution in [1.29, 1.82) is 0 Å². The topological polar surface area (TPSA) is 58.9 Å². The summed E-state index contributed by atoms with van der Waals surface area (Å²) in [5.41, 5.74) is 8.54. The minimum Gasteiger partial charge on any atom is -0.507 e. The van der Waals surface area contributed by atoms with E-state index in [1.807, 2.05) is 78.9 Å². The van der Waals surface area contributed by atoms with Crippen LogP contribution in [0.1, 0.15) is 0 Å². The van der Waals surface area contributed by atoms with Gasteiger partial charge in [-0.2, -0.15) is 0 Å². The zero-order chi connectivity index (χ0) is 36.7. The van der Waals surface area contributed by atoms with Crippen LogP contribution < -0.4 is 0 Å². The van der Waals surface area contributed by atoms with Crippen LogP contribution in [-0.2, 0) is 0 Å². The predicted octanol–water partition coefficient (Wildman–Crippen LogP) is 13.0. The van der Waals surface area contributed by atoms with E-state index in [4.69, 9.17) is 15.0 Å². The molecule has 0 aliphatic carbocycles. The van der Waals surface area contributed by atoms with Crippen LogP contribution >= 0.6 is 0 Å². The summed E-state index contributed by atoms with van der Waals surface area (Å²) in [7, 11) is 0. The first-order chi connectivity index (χ1) is 27.2. The van der Waals surface area contributed by atoms with Gasteiger partial charge in [0.15, 0.2) is 17.5 Å². The number of phenols is 1. The Balaban J connectivity index is 1.08. The van der Waals surface area contributed by atoms with Gasteiger partial charge in [-0.15, -0.1) is 0 Å². The minimum atomic E-state index is 0.233. The molecule has 0 unspecified atom stereocenters. The number of aromatic hydroxyl groups is 1. The summed E-state index contributed by atoms with van der Waals surface area (Å²) < 4.78 is 0. The standard InChI is InChI=1S/C51H33N3O/c55-47-25-13-24-39(37-30-31-44-42-21-9-8-19-40(42)41-20-10-11-22-43(41)46(44)32-37)48(47)45-23-12-7-18-38(45)33-26-28-36(29-27-33)51-53-49(34-14-3-1-4-15-34)52-50(54-51)35-16-5-2-6-17-35/h1-32,55H. The van der Waals surface area contributed by atoms with Crippen LogP contribution in [0.4, 0.5) is 0 Å². The summed E-state index contributed by atoms with van der Waals surface area (Å²) in [6, 6.07) is 66.4. The lowest BCUT2D eigenvalue weighted by molar-refractivity contribution is 0.477. The van der Waals surface area contributed by atoms with Gasteiger partial charge in [0, 0.05) is 22.3 Å². The lowest BCUT2D eigenvalue weighted by Gasteiger charge is -2.17. The molecule has 0 bridgehead atoms. The molecule has 10 aromatic rings. The maximum atomic E-state index is 11.6. The lowest BCUT2D eigenvalue weighted by Crippen LogP contribution is -2.00. The fraction of sp³-hybridized carbons (Fsp3) is 0. The zero-order valence-electron chi connectivity index (χ0n) is 29.8. The summed E-state index contributed by atoms with van der Waals surface area (Å²) in [4.78, 5) is 14.7. The molecule has 10 rings (SSSR count). The van der Waals surface area contributed by atoms with Crippen LogP contribution in [0.5, 0.6) is 5.75 Å². The van der Waals surface area contributed by atoms with Crippen molar-refractivity contribution in [3.05, 3.63) is 194 Å². The number of hydrogen-bond acceptors (Lipinski definition) is 4. The van der Waals surface area contributed by atoms with Gasteiger partial charge in [0.05, 0.1) is 0 Å². The summed E-state index contributed by atoms with van der Waals surface area (Å²) in [6.45, 7) is 0. The van der Waals surface area contributed by atoms with E-state index in [0.717, 1.165) is 50.1 Å². The highest BCUT2D eigenvalue weighted by Gasteiger charge is 2.19. The average molecular weight is 704 g/mol. The Morgan fingerprint density at radius 1 is 0.273 bits per heavy atom. The maximum Gasteiger partial charge on any atom is 0.164 e. The van der Waals surface area contributed by atoms with Crippen molar-refractivity contribution in [1.82, 2.24) is 15.0 Å². The fourth-order valence-corrected chi connectivity index (χ4v) is 7.83. The molecule has 4 nitrogen and oxygen atoms in total. The summed E-state index contributed by atoms with van der Waals surface area (Å²) in [5, 5.41) is 18.9. The molecule has 1 N–H and O–H groups in total. The molecule has 0 spiro atoms. The number of nitrogens with zero attached hydrogens (tertiary/aromatic N) is 3. The number of benzene rings is 9. The molecule has 4 heteroatoms. The second-order valence-electron chi connectivity index (χ2n) is 13.7. The van der Waals surface area contributed by atoms with Crippen molar-refractivity contribution in [2.24, 2.45) is 0 Å². The molecule has 9 aromatic carbocycles. The van der Waals surface area contributed by atoms with Crippen LogP contribution in [0.2, 0.25) is 0 Å². The maximum absolute atomic E-state index is 11.6. The quantitative estimate of drug-likeness (QED) is 0.175. The molecule has 0 fully saturated rings. The van der Waals surface area contributed by atoms with Crippen molar-refractivity contribution < 1.29 is 5.11 Å². The van der Waals surface area contributed by atoms with E-state index in [-0.39, 0.29) is 5.75 Å². The third-order valence-corrected chi connectivity index (χ3v) is 10.4. The van der Waals surface area contributed by atoms with E-state index in [9.17, 15) is 5.11 Å². The lowest BCUT2D eigenvalue weighted by atomic mass is 9.87. The van der Waals surface area contributed by atoms with Crippen LogP contribution in [0.25, 0.3) is 99.9 Å². The molecular formula is C51H33N3O. The fourth-order valence-electron chi connectivity index (χ4n) is 7.83. The van der Waals surface area contributed by atoms with Gasteiger partial charge in [-0.3, -0.25) is 0 Å². The van der Waals surface area contributed by atoms with Crippen molar-refractivity contribution in [2.75, 3.05) is 0 Å². The summed E-state index contributed by atoms with van der Waals surface area (Å²) in [6.07, 6.45) is 0.